The van der Waals surface area contributed by atoms with Crippen LogP contribution < -0.4 is 0 Å². The van der Waals surface area contributed by atoms with Crippen molar-refractivity contribution >= 4 is 12.2 Å². The molecule has 3 nitrogen and oxygen atoms in total. The molecular formula is C14H15NO2. The Morgan fingerprint density at radius 1 is 1.35 bits per heavy atom. The van der Waals surface area contributed by atoms with Crippen LogP contribution in [0.2, 0.25) is 0 Å². The molecule has 0 N–H and O–H groups in total. The van der Waals surface area contributed by atoms with Gasteiger partial charge in [-0.05, 0) is 18.1 Å². The minimum absolute atomic E-state index is 0.123. The SMILES string of the molecule is O=Cc1cccc(CC(=O)N2CC=CCC2)c1. The fourth-order valence-electron chi connectivity index (χ4n) is 1.93. The molecule has 0 radical (unpaired) electrons. The van der Waals surface area contributed by atoms with Gasteiger partial charge in [-0.3, -0.25) is 9.59 Å². The van der Waals surface area contributed by atoms with Crippen molar-refractivity contribution < 1.29 is 9.59 Å². The lowest BCUT2D eigenvalue weighted by Gasteiger charge is -2.23. The molecule has 0 unspecified atom stereocenters. The lowest BCUT2D eigenvalue weighted by molar-refractivity contribution is -0.130. The maximum absolute atomic E-state index is 12.0. The molecule has 1 aliphatic rings. The van der Waals surface area contributed by atoms with E-state index in [1.165, 1.54) is 0 Å². The Labute approximate surface area is 101 Å². The first-order valence-corrected chi connectivity index (χ1v) is 5.76. The van der Waals surface area contributed by atoms with Crippen LogP contribution in [0.5, 0.6) is 0 Å². The van der Waals surface area contributed by atoms with Gasteiger partial charge in [-0.1, -0.05) is 30.4 Å². The van der Waals surface area contributed by atoms with E-state index in [1.807, 2.05) is 23.1 Å². The van der Waals surface area contributed by atoms with Gasteiger partial charge in [0, 0.05) is 18.7 Å². The van der Waals surface area contributed by atoms with E-state index in [-0.39, 0.29) is 5.91 Å². The second-order valence-corrected chi connectivity index (χ2v) is 4.14. The molecule has 0 aromatic heterocycles. The van der Waals surface area contributed by atoms with Crippen LogP contribution in [0.25, 0.3) is 0 Å². The van der Waals surface area contributed by atoms with Crippen LogP contribution >= 0.6 is 0 Å². The molecule has 88 valence electrons. The van der Waals surface area contributed by atoms with Crippen molar-refractivity contribution in [2.24, 2.45) is 0 Å². The first kappa shape index (κ1) is 11.6. The van der Waals surface area contributed by atoms with Crippen molar-refractivity contribution in [1.29, 1.82) is 0 Å². The Hall–Kier alpha value is -1.90. The van der Waals surface area contributed by atoms with E-state index < -0.39 is 0 Å². The van der Waals surface area contributed by atoms with E-state index in [4.69, 9.17) is 0 Å². The zero-order valence-corrected chi connectivity index (χ0v) is 9.63. The van der Waals surface area contributed by atoms with E-state index in [0.29, 0.717) is 18.5 Å². The molecule has 0 saturated heterocycles. The predicted octanol–water partition coefficient (Wildman–Crippen LogP) is 1.83. The highest BCUT2D eigenvalue weighted by Gasteiger charge is 2.14. The highest BCUT2D eigenvalue weighted by atomic mass is 16.2. The fraction of sp³-hybridized carbons (Fsp3) is 0.286. The van der Waals surface area contributed by atoms with Crippen molar-refractivity contribution in [3.8, 4) is 0 Å². The quantitative estimate of drug-likeness (QED) is 0.585. The van der Waals surface area contributed by atoms with Crippen LogP contribution in [-0.2, 0) is 11.2 Å². The maximum Gasteiger partial charge on any atom is 0.227 e. The third-order valence-electron chi connectivity index (χ3n) is 2.85. The zero-order chi connectivity index (χ0) is 12.1. The number of carbonyl (C=O) groups is 2. The molecule has 1 amide bonds. The van der Waals surface area contributed by atoms with Crippen molar-refractivity contribution in [3.05, 3.63) is 47.5 Å². The summed E-state index contributed by atoms with van der Waals surface area (Å²) in [6.45, 7) is 1.49. The molecule has 2 rings (SSSR count). The van der Waals surface area contributed by atoms with Gasteiger partial charge in [0.15, 0.2) is 0 Å². The summed E-state index contributed by atoms with van der Waals surface area (Å²) in [5, 5.41) is 0. The second-order valence-electron chi connectivity index (χ2n) is 4.14. The van der Waals surface area contributed by atoms with Crippen molar-refractivity contribution in [2.75, 3.05) is 13.1 Å². The Kier molecular flexibility index (Phi) is 3.70. The Morgan fingerprint density at radius 2 is 2.24 bits per heavy atom. The van der Waals surface area contributed by atoms with Gasteiger partial charge in [0.05, 0.1) is 6.42 Å². The summed E-state index contributed by atoms with van der Waals surface area (Å²) in [5.41, 5.74) is 1.52. The van der Waals surface area contributed by atoms with E-state index in [9.17, 15) is 9.59 Å². The number of hydrogen-bond donors (Lipinski definition) is 0. The van der Waals surface area contributed by atoms with Crippen LogP contribution in [0.4, 0.5) is 0 Å². The standard InChI is InChI=1S/C14H15NO2/c16-11-13-6-4-5-12(9-13)10-14(17)15-7-2-1-3-8-15/h1-2,4-6,9,11H,3,7-8,10H2. The molecular weight excluding hydrogens is 214 g/mol. The predicted molar refractivity (Wildman–Crippen MR) is 65.9 cm³/mol. The number of nitrogens with zero attached hydrogens (tertiary/aromatic N) is 1. The maximum atomic E-state index is 12.0. The average molecular weight is 229 g/mol. The minimum Gasteiger partial charge on any atom is -0.338 e. The summed E-state index contributed by atoms with van der Waals surface area (Å²) >= 11 is 0. The number of amides is 1. The summed E-state index contributed by atoms with van der Waals surface area (Å²) in [7, 11) is 0. The van der Waals surface area contributed by atoms with Crippen molar-refractivity contribution in [1.82, 2.24) is 4.90 Å². The molecule has 0 atom stereocenters. The van der Waals surface area contributed by atoms with Crippen LogP contribution in [0.1, 0.15) is 22.3 Å². The van der Waals surface area contributed by atoms with E-state index in [0.717, 1.165) is 24.8 Å². The van der Waals surface area contributed by atoms with E-state index in [1.54, 1.807) is 12.1 Å². The summed E-state index contributed by atoms with van der Waals surface area (Å²) < 4.78 is 0. The minimum atomic E-state index is 0.123. The summed E-state index contributed by atoms with van der Waals surface area (Å²) in [4.78, 5) is 24.5. The normalized spacial score (nSPS) is 14.7. The van der Waals surface area contributed by atoms with Gasteiger partial charge in [0.2, 0.25) is 5.91 Å². The van der Waals surface area contributed by atoms with Gasteiger partial charge in [-0.2, -0.15) is 0 Å². The number of hydrogen-bond acceptors (Lipinski definition) is 2. The largest absolute Gasteiger partial charge is 0.338 e. The van der Waals surface area contributed by atoms with Crippen molar-refractivity contribution in [2.45, 2.75) is 12.8 Å². The molecule has 0 aliphatic carbocycles. The number of aldehydes is 1. The molecule has 0 spiro atoms. The molecule has 1 aromatic carbocycles. The summed E-state index contributed by atoms with van der Waals surface area (Å²) in [5.74, 6) is 0.123. The lowest BCUT2D eigenvalue weighted by atomic mass is 10.1. The van der Waals surface area contributed by atoms with Crippen molar-refractivity contribution in [3.63, 3.8) is 0 Å². The second kappa shape index (κ2) is 5.43. The van der Waals surface area contributed by atoms with E-state index >= 15 is 0 Å². The molecule has 0 fully saturated rings. The third kappa shape index (κ3) is 3.03. The van der Waals surface area contributed by atoms with Gasteiger partial charge < -0.3 is 4.90 Å². The number of benzene rings is 1. The van der Waals surface area contributed by atoms with Crippen LogP contribution in [-0.4, -0.2) is 30.2 Å². The van der Waals surface area contributed by atoms with Crippen LogP contribution in [0.15, 0.2) is 36.4 Å². The number of rotatable bonds is 3. The summed E-state index contributed by atoms with van der Waals surface area (Å²) in [6.07, 6.45) is 6.22. The van der Waals surface area contributed by atoms with Gasteiger partial charge in [0.1, 0.15) is 6.29 Å². The molecule has 0 saturated carbocycles. The number of carbonyl (C=O) groups excluding carboxylic acids is 2. The molecule has 1 heterocycles. The molecule has 1 aliphatic heterocycles. The van der Waals surface area contributed by atoms with Gasteiger partial charge in [0.25, 0.3) is 0 Å². The average Bonchev–Trinajstić information content (AvgIpc) is 2.40. The molecule has 3 heteroatoms. The van der Waals surface area contributed by atoms with E-state index in [2.05, 4.69) is 6.08 Å². The van der Waals surface area contributed by atoms with Crippen LogP contribution in [0, 0.1) is 0 Å². The molecule has 1 aromatic rings. The Morgan fingerprint density at radius 3 is 2.94 bits per heavy atom. The first-order chi connectivity index (χ1) is 8.29. The topological polar surface area (TPSA) is 37.4 Å². The first-order valence-electron chi connectivity index (χ1n) is 5.76. The highest BCUT2D eigenvalue weighted by molar-refractivity contribution is 5.80. The molecule has 17 heavy (non-hydrogen) atoms. The van der Waals surface area contributed by atoms with Gasteiger partial charge >= 0.3 is 0 Å². The van der Waals surface area contributed by atoms with Gasteiger partial charge in [-0.15, -0.1) is 0 Å². The highest BCUT2D eigenvalue weighted by Crippen LogP contribution is 2.08. The van der Waals surface area contributed by atoms with Crippen LogP contribution in [0.3, 0.4) is 0 Å². The monoisotopic (exact) mass is 229 g/mol. The lowest BCUT2D eigenvalue weighted by Crippen LogP contribution is -2.34. The molecule has 0 bridgehead atoms. The Balaban J connectivity index is 2.02. The smallest absolute Gasteiger partial charge is 0.227 e. The van der Waals surface area contributed by atoms with Gasteiger partial charge in [-0.25, -0.2) is 0 Å². The Bertz CT molecular complexity index is 451. The fourth-order valence-corrected chi connectivity index (χ4v) is 1.93. The summed E-state index contributed by atoms with van der Waals surface area (Å²) in [6, 6.07) is 7.20. The third-order valence-corrected chi connectivity index (χ3v) is 2.85. The zero-order valence-electron chi connectivity index (χ0n) is 9.63.